The molecule has 0 aliphatic heterocycles. The molecule has 4 aliphatic rings. The summed E-state index contributed by atoms with van der Waals surface area (Å²) in [5.74, 6) is 3.27. The van der Waals surface area contributed by atoms with Crippen molar-refractivity contribution < 1.29 is 0 Å². The normalized spacial score (nSPS) is 49.4. The molecule has 2 atom stereocenters. The van der Waals surface area contributed by atoms with Crippen molar-refractivity contribution in [2.45, 2.75) is 52.9 Å². The van der Waals surface area contributed by atoms with Gasteiger partial charge in [-0.2, -0.15) is 0 Å². The Balaban J connectivity index is 0.000000562. The van der Waals surface area contributed by atoms with Crippen molar-refractivity contribution in [3.8, 4) is 0 Å². The molecule has 90 valence electrons. The summed E-state index contributed by atoms with van der Waals surface area (Å²) in [6, 6.07) is 0. The molecule has 0 amide bonds. The van der Waals surface area contributed by atoms with Crippen molar-refractivity contribution in [3.63, 3.8) is 0 Å². The Bertz CT molecular complexity index is 235. The zero-order chi connectivity index (χ0) is 9.27. The van der Waals surface area contributed by atoms with Crippen molar-refractivity contribution in [1.29, 1.82) is 0 Å². The number of hydrogen-bond donors (Lipinski definition) is 1. The number of halogens is 1. The second kappa shape index (κ2) is 3.73. The Morgan fingerprint density at radius 3 is 1.73 bits per heavy atom. The SMILES string of the molecule is Br.CC12CC3CC(CC(C3)C1(C)C)C2.N. The summed E-state index contributed by atoms with van der Waals surface area (Å²) < 4.78 is 0. The van der Waals surface area contributed by atoms with Gasteiger partial charge in [0.05, 0.1) is 0 Å². The van der Waals surface area contributed by atoms with E-state index in [9.17, 15) is 0 Å². The fourth-order valence-corrected chi connectivity index (χ4v) is 4.86. The van der Waals surface area contributed by atoms with Crippen LogP contribution in [0, 0.1) is 28.6 Å². The first-order chi connectivity index (χ1) is 6.01. The van der Waals surface area contributed by atoms with Gasteiger partial charge >= 0.3 is 0 Å². The maximum atomic E-state index is 2.57. The second-order valence-corrected chi connectivity index (χ2v) is 6.83. The first kappa shape index (κ1) is 13.5. The van der Waals surface area contributed by atoms with Crippen LogP contribution in [0.1, 0.15) is 52.9 Å². The minimum Gasteiger partial charge on any atom is -0.344 e. The summed E-state index contributed by atoms with van der Waals surface area (Å²) in [7, 11) is 0. The minimum atomic E-state index is 0. The molecule has 0 aromatic carbocycles. The predicted molar refractivity (Wildman–Crippen MR) is 70.8 cm³/mol. The highest BCUT2D eigenvalue weighted by molar-refractivity contribution is 8.93. The van der Waals surface area contributed by atoms with Crippen LogP contribution in [0.25, 0.3) is 0 Å². The van der Waals surface area contributed by atoms with Crippen LogP contribution in [0.4, 0.5) is 0 Å². The molecular formula is C13H26BrN. The van der Waals surface area contributed by atoms with Gasteiger partial charge in [0.1, 0.15) is 0 Å². The maximum absolute atomic E-state index is 2.57. The first-order valence-electron chi connectivity index (χ1n) is 6.01. The van der Waals surface area contributed by atoms with E-state index in [1.807, 2.05) is 0 Å². The van der Waals surface area contributed by atoms with Gasteiger partial charge in [-0.3, -0.25) is 0 Å². The van der Waals surface area contributed by atoms with Crippen LogP contribution < -0.4 is 6.15 Å². The minimum absolute atomic E-state index is 0. The molecule has 4 saturated carbocycles. The highest BCUT2D eigenvalue weighted by Crippen LogP contribution is 2.67. The van der Waals surface area contributed by atoms with Crippen LogP contribution in [0.2, 0.25) is 0 Å². The van der Waals surface area contributed by atoms with Crippen LogP contribution in [-0.2, 0) is 0 Å². The van der Waals surface area contributed by atoms with E-state index in [2.05, 4.69) is 20.8 Å². The van der Waals surface area contributed by atoms with E-state index in [4.69, 9.17) is 0 Å². The van der Waals surface area contributed by atoms with Crippen LogP contribution >= 0.6 is 17.0 Å². The van der Waals surface area contributed by atoms with E-state index in [1.165, 1.54) is 12.8 Å². The molecule has 0 aromatic rings. The van der Waals surface area contributed by atoms with Crippen LogP contribution in [0.3, 0.4) is 0 Å². The van der Waals surface area contributed by atoms with E-state index in [0.717, 1.165) is 17.8 Å². The third-order valence-corrected chi connectivity index (χ3v) is 5.96. The number of hydrogen-bond acceptors (Lipinski definition) is 1. The zero-order valence-electron chi connectivity index (χ0n) is 10.4. The molecule has 0 saturated heterocycles. The van der Waals surface area contributed by atoms with Crippen molar-refractivity contribution >= 4 is 17.0 Å². The lowest BCUT2D eigenvalue weighted by molar-refractivity contribution is -0.149. The Morgan fingerprint density at radius 2 is 1.33 bits per heavy atom. The molecule has 2 unspecified atom stereocenters. The molecular weight excluding hydrogens is 250 g/mol. The summed E-state index contributed by atoms with van der Waals surface area (Å²) >= 11 is 0. The largest absolute Gasteiger partial charge is 0.344 e. The molecule has 4 rings (SSSR count). The van der Waals surface area contributed by atoms with Crippen molar-refractivity contribution in [2.75, 3.05) is 0 Å². The average molecular weight is 276 g/mol. The monoisotopic (exact) mass is 275 g/mol. The van der Waals surface area contributed by atoms with E-state index in [1.54, 1.807) is 19.3 Å². The van der Waals surface area contributed by atoms with E-state index in [0.29, 0.717) is 10.8 Å². The van der Waals surface area contributed by atoms with Gasteiger partial charge in [0, 0.05) is 0 Å². The van der Waals surface area contributed by atoms with Gasteiger partial charge in [0.15, 0.2) is 0 Å². The van der Waals surface area contributed by atoms with Crippen molar-refractivity contribution in [2.24, 2.45) is 28.6 Å². The third-order valence-electron chi connectivity index (χ3n) is 5.96. The standard InChI is InChI=1S/C13H22.BrH.H3N/c1-12(2)11-5-9-4-10(6-11)8-13(12,3)7-9;;/h9-11H,4-8H2,1-3H3;1H;1H3. The van der Waals surface area contributed by atoms with Gasteiger partial charge < -0.3 is 6.15 Å². The van der Waals surface area contributed by atoms with Gasteiger partial charge in [0.25, 0.3) is 0 Å². The summed E-state index contributed by atoms with van der Waals surface area (Å²) in [4.78, 5) is 0. The molecule has 0 heterocycles. The van der Waals surface area contributed by atoms with E-state index in [-0.39, 0.29) is 23.1 Å². The molecule has 2 heteroatoms. The molecule has 4 fully saturated rings. The van der Waals surface area contributed by atoms with E-state index < -0.39 is 0 Å². The molecule has 4 bridgehead atoms. The molecule has 15 heavy (non-hydrogen) atoms. The lowest BCUT2D eigenvalue weighted by Crippen LogP contribution is -2.56. The molecule has 0 aromatic heterocycles. The third kappa shape index (κ3) is 1.59. The van der Waals surface area contributed by atoms with Gasteiger partial charge in [-0.05, 0) is 60.7 Å². The molecule has 0 radical (unpaired) electrons. The Morgan fingerprint density at radius 1 is 0.867 bits per heavy atom. The van der Waals surface area contributed by atoms with Crippen LogP contribution in [0.5, 0.6) is 0 Å². The Labute approximate surface area is 105 Å². The summed E-state index contributed by atoms with van der Waals surface area (Å²) in [5.41, 5.74) is 1.34. The maximum Gasteiger partial charge on any atom is -0.0267 e. The lowest BCUT2D eigenvalue weighted by Gasteiger charge is -2.65. The van der Waals surface area contributed by atoms with Crippen molar-refractivity contribution in [3.05, 3.63) is 0 Å². The summed E-state index contributed by atoms with van der Waals surface area (Å²) in [6.07, 6.45) is 7.75. The quantitative estimate of drug-likeness (QED) is 0.689. The highest BCUT2D eigenvalue weighted by Gasteiger charge is 2.58. The Hall–Kier alpha value is 0.440. The topological polar surface area (TPSA) is 35.0 Å². The van der Waals surface area contributed by atoms with Gasteiger partial charge in [-0.25, -0.2) is 0 Å². The summed E-state index contributed by atoms with van der Waals surface area (Å²) in [5, 5.41) is 0. The van der Waals surface area contributed by atoms with Gasteiger partial charge in [-0.15, -0.1) is 17.0 Å². The highest BCUT2D eigenvalue weighted by atomic mass is 79.9. The molecule has 4 aliphatic carbocycles. The average Bonchev–Trinajstić information content (AvgIpc) is 1.99. The molecule has 1 nitrogen and oxygen atoms in total. The van der Waals surface area contributed by atoms with E-state index >= 15 is 0 Å². The smallest absolute Gasteiger partial charge is 0.0267 e. The predicted octanol–water partition coefficient (Wildman–Crippen LogP) is 4.60. The number of rotatable bonds is 0. The Kier molecular flexibility index (Phi) is 3.36. The van der Waals surface area contributed by atoms with Gasteiger partial charge in [0.2, 0.25) is 0 Å². The zero-order valence-corrected chi connectivity index (χ0v) is 12.1. The van der Waals surface area contributed by atoms with Gasteiger partial charge in [-0.1, -0.05) is 20.8 Å². The molecule has 3 N–H and O–H groups in total. The first-order valence-corrected chi connectivity index (χ1v) is 6.01. The molecule has 0 spiro atoms. The fourth-order valence-electron chi connectivity index (χ4n) is 4.86. The van der Waals surface area contributed by atoms with Crippen molar-refractivity contribution in [1.82, 2.24) is 6.15 Å². The van der Waals surface area contributed by atoms with Crippen LogP contribution in [-0.4, -0.2) is 0 Å². The second-order valence-electron chi connectivity index (χ2n) is 6.83. The fraction of sp³-hybridized carbons (Fsp3) is 1.00. The lowest BCUT2D eigenvalue weighted by atomic mass is 9.40. The van der Waals surface area contributed by atoms with Crippen LogP contribution in [0.15, 0.2) is 0 Å². The summed E-state index contributed by atoms with van der Waals surface area (Å²) in [6.45, 7) is 7.64.